The minimum Gasteiger partial charge on any atom is -0.383 e. The predicted molar refractivity (Wildman–Crippen MR) is 153 cm³/mol. The second-order valence-corrected chi connectivity index (χ2v) is 12.4. The molecule has 0 spiro atoms. The molecule has 9 nitrogen and oxygen atoms in total. The molecule has 10 heteroatoms. The van der Waals surface area contributed by atoms with Crippen molar-refractivity contribution >= 4 is 61.2 Å². The number of ketones is 1. The Balaban J connectivity index is 1.18. The topological polar surface area (TPSA) is 128 Å². The number of benzene rings is 1. The molecule has 4 N–H and O–H groups in total. The van der Waals surface area contributed by atoms with E-state index in [9.17, 15) is 9.59 Å². The number of nitrogens with zero attached hydrogens (tertiary/aromatic N) is 4. The van der Waals surface area contributed by atoms with Crippen molar-refractivity contribution in [2.45, 2.75) is 69.5 Å². The van der Waals surface area contributed by atoms with Crippen LogP contribution in [0.15, 0.2) is 47.3 Å². The Hall–Kier alpha value is -3.37. The summed E-state index contributed by atoms with van der Waals surface area (Å²) in [5.74, 6) is 1.33. The third-order valence-corrected chi connectivity index (χ3v) is 9.66. The van der Waals surface area contributed by atoms with Crippen LogP contribution in [0.5, 0.6) is 0 Å². The van der Waals surface area contributed by atoms with Crippen molar-refractivity contribution in [3.63, 3.8) is 0 Å². The summed E-state index contributed by atoms with van der Waals surface area (Å²) in [5, 5.41) is 8.08. The lowest BCUT2D eigenvalue weighted by Crippen LogP contribution is -2.47. The lowest BCUT2D eigenvalue weighted by molar-refractivity contribution is -0.123. The summed E-state index contributed by atoms with van der Waals surface area (Å²) in [6.07, 6.45) is 7.68. The van der Waals surface area contributed by atoms with E-state index >= 15 is 0 Å². The number of amides is 1. The van der Waals surface area contributed by atoms with Gasteiger partial charge in [0.2, 0.25) is 5.91 Å². The predicted octanol–water partition coefficient (Wildman–Crippen LogP) is 4.70. The molecule has 1 amide bonds. The molecule has 4 heterocycles. The highest BCUT2D eigenvalue weighted by atomic mass is 79.9. The Morgan fingerprint density at radius 3 is 2.82 bits per heavy atom. The van der Waals surface area contributed by atoms with Crippen LogP contribution in [0.2, 0.25) is 0 Å². The lowest BCUT2D eigenvalue weighted by Gasteiger charge is -2.19. The van der Waals surface area contributed by atoms with E-state index < -0.39 is 11.6 Å². The highest BCUT2D eigenvalue weighted by molar-refractivity contribution is 9.10. The molecule has 4 aromatic rings. The molecule has 3 fully saturated rings. The first-order chi connectivity index (χ1) is 18.8. The van der Waals surface area contributed by atoms with E-state index in [-0.39, 0.29) is 23.7 Å². The summed E-state index contributed by atoms with van der Waals surface area (Å²) in [6.45, 7) is 2.23. The molecule has 3 unspecified atom stereocenters. The van der Waals surface area contributed by atoms with Crippen molar-refractivity contribution in [1.82, 2.24) is 24.8 Å². The minimum absolute atomic E-state index is 0.0525. The second-order valence-electron chi connectivity index (χ2n) is 11.6. The van der Waals surface area contributed by atoms with Gasteiger partial charge in [-0.05, 0) is 82.8 Å². The number of pyridine rings is 1. The van der Waals surface area contributed by atoms with Gasteiger partial charge in [-0.25, -0.2) is 15.0 Å². The summed E-state index contributed by atoms with van der Waals surface area (Å²) >= 11 is 3.33. The van der Waals surface area contributed by atoms with E-state index in [2.05, 4.69) is 66.6 Å². The van der Waals surface area contributed by atoms with Crippen molar-refractivity contribution in [3.8, 4) is 0 Å². The Morgan fingerprint density at radius 2 is 2.03 bits per heavy atom. The Bertz CT molecular complexity index is 1660. The van der Waals surface area contributed by atoms with Gasteiger partial charge in [0, 0.05) is 5.39 Å². The van der Waals surface area contributed by atoms with Gasteiger partial charge in [0.15, 0.2) is 5.78 Å². The number of hydrogen-bond donors (Lipinski definition) is 3. The van der Waals surface area contributed by atoms with Crippen molar-refractivity contribution in [3.05, 3.63) is 52.9 Å². The highest BCUT2D eigenvalue weighted by Crippen LogP contribution is 2.64. The summed E-state index contributed by atoms with van der Waals surface area (Å²) in [4.78, 5) is 40.2. The maximum absolute atomic E-state index is 14.0. The van der Waals surface area contributed by atoms with Gasteiger partial charge in [-0.1, -0.05) is 31.9 Å². The molecule has 2 aliphatic carbocycles. The molecule has 3 atom stereocenters. The third-order valence-electron chi connectivity index (χ3n) is 9.22. The van der Waals surface area contributed by atoms with Gasteiger partial charge >= 0.3 is 0 Å². The fraction of sp³-hybridized carbons (Fsp3) is 0.414. The average molecular weight is 589 g/mol. The number of halogens is 1. The molecule has 3 aromatic heterocycles. The summed E-state index contributed by atoms with van der Waals surface area (Å²) < 4.78 is 2.62. The molecule has 1 saturated heterocycles. The van der Waals surface area contributed by atoms with Gasteiger partial charge in [-0.15, -0.1) is 0 Å². The van der Waals surface area contributed by atoms with Gasteiger partial charge < -0.3 is 15.6 Å². The van der Waals surface area contributed by atoms with Crippen LogP contribution in [-0.2, 0) is 16.1 Å². The molecule has 39 heavy (non-hydrogen) atoms. The van der Waals surface area contributed by atoms with E-state index in [4.69, 9.17) is 5.73 Å². The maximum atomic E-state index is 14.0. The molecule has 200 valence electrons. The monoisotopic (exact) mass is 587 g/mol. The number of fused-ring (bicyclic) bond motifs is 4. The molecule has 1 aromatic carbocycles. The third kappa shape index (κ3) is 3.87. The maximum Gasteiger partial charge on any atom is 0.242 e. The van der Waals surface area contributed by atoms with Crippen LogP contribution in [0.1, 0.15) is 56.9 Å². The van der Waals surface area contributed by atoms with Crippen LogP contribution in [0.25, 0.3) is 21.9 Å². The number of Topliss-reactive ketones (excluding diaryl/α,β-unsaturated/α-hetero) is 1. The standard InChI is InChI=1S/C29H30BrN7O2/c1-28-12-19(27(39)35-23-8-4-7-22(30)34-23)36-29(28,14-28)21(38)13-37-20-10-9-17(16-5-2-3-6-16)11-18(20)24-25(31)32-15-33-26(24)37/h4,7-11,15-16,19,36H,2-3,5-6,12-14H2,1H3,(H2,31,32,33)(H,34,35,39). The van der Waals surface area contributed by atoms with Gasteiger partial charge in [-0.2, -0.15) is 0 Å². The first kappa shape index (κ1) is 24.7. The number of nitrogens with one attached hydrogen (secondary N) is 2. The summed E-state index contributed by atoms with van der Waals surface area (Å²) in [6, 6.07) is 11.4. The Kier molecular flexibility index (Phi) is 5.58. The quantitative estimate of drug-likeness (QED) is 0.279. The van der Waals surface area contributed by atoms with Crippen LogP contribution in [0.3, 0.4) is 0 Å². The normalized spacial score (nSPS) is 26.3. The summed E-state index contributed by atoms with van der Waals surface area (Å²) in [5.41, 5.74) is 8.24. The van der Waals surface area contributed by atoms with Crippen LogP contribution >= 0.6 is 15.9 Å². The molecule has 0 radical (unpaired) electrons. The van der Waals surface area contributed by atoms with E-state index in [0.29, 0.717) is 40.6 Å². The number of rotatable bonds is 6. The molecule has 1 aliphatic heterocycles. The van der Waals surface area contributed by atoms with E-state index in [1.54, 1.807) is 12.1 Å². The van der Waals surface area contributed by atoms with Crippen molar-refractivity contribution < 1.29 is 9.59 Å². The van der Waals surface area contributed by atoms with Crippen LogP contribution in [0, 0.1) is 5.41 Å². The van der Waals surface area contributed by atoms with Gasteiger partial charge in [0.05, 0.1) is 29.0 Å². The molecule has 3 aliphatic rings. The van der Waals surface area contributed by atoms with Crippen LogP contribution in [0.4, 0.5) is 11.6 Å². The van der Waals surface area contributed by atoms with Crippen molar-refractivity contribution in [2.24, 2.45) is 5.41 Å². The number of hydrogen-bond acceptors (Lipinski definition) is 7. The molecule has 0 bridgehead atoms. The second kappa shape index (κ2) is 8.82. The zero-order chi connectivity index (χ0) is 26.9. The fourth-order valence-corrected chi connectivity index (χ4v) is 7.43. The van der Waals surface area contributed by atoms with E-state index in [1.807, 2.05) is 10.6 Å². The summed E-state index contributed by atoms with van der Waals surface area (Å²) in [7, 11) is 0. The first-order valence-electron chi connectivity index (χ1n) is 13.5. The van der Waals surface area contributed by atoms with Gasteiger partial charge in [0.1, 0.15) is 28.2 Å². The van der Waals surface area contributed by atoms with Crippen molar-refractivity contribution in [1.29, 1.82) is 0 Å². The highest BCUT2D eigenvalue weighted by Gasteiger charge is 2.73. The average Bonchev–Trinajstić information content (AvgIpc) is 3.33. The number of nitrogens with two attached hydrogens (primary N) is 1. The van der Waals surface area contributed by atoms with Crippen molar-refractivity contribution in [2.75, 3.05) is 11.1 Å². The first-order valence-corrected chi connectivity index (χ1v) is 14.3. The Labute approximate surface area is 234 Å². The zero-order valence-electron chi connectivity index (χ0n) is 21.7. The number of anilines is 2. The van der Waals surface area contributed by atoms with Crippen LogP contribution in [-0.4, -0.2) is 42.8 Å². The number of aromatic nitrogens is 4. The van der Waals surface area contributed by atoms with E-state index in [0.717, 1.165) is 16.3 Å². The van der Waals surface area contributed by atoms with Crippen LogP contribution < -0.4 is 16.4 Å². The molecule has 2 saturated carbocycles. The SMILES string of the molecule is CC12CC(C(=O)Nc3cccc(Br)n3)NC1(C(=O)Cn1c3ccc(C4CCCC4)cc3c3c(N)ncnc31)C2. The van der Waals surface area contributed by atoms with Gasteiger partial charge in [0.25, 0.3) is 0 Å². The molecular weight excluding hydrogens is 558 g/mol. The lowest BCUT2D eigenvalue weighted by atomic mass is 9.96. The largest absolute Gasteiger partial charge is 0.383 e. The fourth-order valence-electron chi connectivity index (χ4n) is 7.08. The smallest absolute Gasteiger partial charge is 0.242 e. The molecular formula is C29H30BrN7O2. The zero-order valence-corrected chi connectivity index (χ0v) is 23.3. The minimum atomic E-state index is -0.745. The van der Waals surface area contributed by atoms with E-state index in [1.165, 1.54) is 37.6 Å². The Morgan fingerprint density at radius 1 is 1.21 bits per heavy atom. The number of piperidine rings is 1. The molecule has 7 rings (SSSR count). The number of nitrogen functional groups attached to an aromatic ring is 1. The number of carbonyl (C=O) groups is 2. The number of carbonyl (C=O) groups excluding carboxylic acids is 2. The van der Waals surface area contributed by atoms with Gasteiger partial charge in [-0.3, -0.25) is 14.9 Å².